The molecule has 0 amide bonds. The third kappa shape index (κ3) is 1.74. The van der Waals surface area contributed by atoms with Crippen LogP contribution in [0.15, 0.2) is 0 Å². The van der Waals surface area contributed by atoms with Gasteiger partial charge in [0.2, 0.25) is 0 Å². The quantitative estimate of drug-likeness (QED) is 0.660. The monoisotopic (exact) mass is 157 g/mol. The Bertz CT molecular complexity index is 128. The maximum Gasteiger partial charge on any atom is 0.0808 e. The molecular weight excluding hydrogens is 138 g/mol. The van der Waals surface area contributed by atoms with Crippen LogP contribution in [0.3, 0.4) is 0 Å². The molecule has 0 aromatic rings. The first-order chi connectivity index (χ1) is 5.06. The summed E-state index contributed by atoms with van der Waals surface area (Å²) in [5.41, 5.74) is 5.98. The van der Waals surface area contributed by atoms with Crippen LogP contribution >= 0.6 is 0 Å². The largest absolute Gasteiger partial charge is 0.374 e. The van der Waals surface area contributed by atoms with Gasteiger partial charge in [-0.15, -0.1) is 0 Å². The van der Waals surface area contributed by atoms with Gasteiger partial charge in [-0.05, 0) is 25.7 Å². The molecule has 2 nitrogen and oxygen atoms in total. The molecule has 2 N–H and O–H groups in total. The zero-order valence-corrected chi connectivity index (χ0v) is 7.76. The van der Waals surface area contributed by atoms with Crippen molar-refractivity contribution in [2.45, 2.75) is 45.3 Å². The summed E-state index contributed by atoms with van der Waals surface area (Å²) in [4.78, 5) is 0. The highest BCUT2D eigenvalue weighted by Crippen LogP contribution is 2.30. The average Bonchev–Trinajstić information content (AvgIpc) is 2.35. The number of hydrogen-bond donors (Lipinski definition) is 1. The summed E-state index contributed by atoms with van der Waals surface area (Å²) in [5.74, 6) is 0.512. The summed E-state index contributed by atoms with van der Waals surface area (Å²) < 4.78 is 5.64. The van der Waals surface area contributed by atoms with Gasteiger partial charge in [0.05, 0.1) is 5.60 Å². The molecule has 0 aliphatic carbocycles. The summed E-state index contributed by atoms with van der Waals surface area (Å²) in [7, 11) is 0. The van der Waals surface area contributed by atoms with E-state index in [1.54, 1.807) is 0 Å². The van der Waals surface area contributed by atoms with Crippen molar-refractivity contribution in [3.63, 3.8) is 0 Å². The second kappa shape index (κ2) is 3.11. The molecule has 1 aliphatic heterocycles. The molecule has 0 aromatic carbocycles. The second-order valence-corrected chi connectivity index (χ2v) is 4.03. The fourth-order valence-corrected chi connectivity index (χ4v) is 1.77. The van der Waals surface area contributed by atoms with Gasteiger partial charge in [0.15, 0.2) is 0 Å². The highest BCUT2D eigenvalue weighted by Gasteiger charge is 2.37. The first-order valence-electron chi connectivity index (χ1n) is 4.46. The third-order valence-corrected chi connectivity index (χ3v) is 2.67. The SMILES string of the molecule is CC(C)C(N)C1(C)CCCO1. The smallest absolute Gasteiger partial charge is 0.0808 e. The van der Waals surface area contributed by atoms with Crippen LogP contribution in [-0.4, -0.2) is 18.2 Å². The predicted molar refractivity (Wildman–Crippen MR) is 46.4 cm³/mol. The number of ether oxygens (including phenoxy) is 1. The molecule has 0 spiro atoms. The van der Waals surface area contributed by atoms with Gasteiger partial charge in [-0.1, -0.05) is 13.8 Å². The fraction of sp³-hybridized carbons (Fsp3) is 1.00. The lowest BCUT2D eigenvalue weighted by atomic mass is 9.86. The normalized spacial score (nSPS) is 34.6. The third-order valence-electron chi connectivity index (χ3n) is 2.67. The van der Waals surface area contributed by atoms with Crippen LogP contribution in [0.1, 0.15) is 33.6 Å². The Morgan fingerprint density at radius 2 is 2.09 bits per heavy atom. The fourth-order valence-electron chi connectivity index (χ4n) is 1.77. The van der Waals surface area contributed by atoms with Gasteiger partial charge in [-0.2, -0.15) is 0 Å². The maximum absolute atomic E-state index is 6.03. The standard InChI is InChI=1S/C9H19NO/c1-7(2)8(10)9(3)5-4-6-11-9/h7-8H,4-6,10H2,1-3H3. The molecule has 1 rings (SSSR count). The van der Waals surface area contributed by atoms with Gasteiger partial charge in [-0.25, -0.2) is 0 Å². The Kier molecular flexibility index (Phi) is 2.55. The molecule has 0 radical (unpaired) electrons. The van der Waals surface area contributed by atoms with Crippen LogP contribution in [0.2, 0.25) is 0 Å². The molecule has 1 fully saturated rings. The molecular formula is C9H19NO. The summed E-state index contributed by atoms with van der Waals surface area (Å²) in [6.45, 7) is 7.32. The highest BCUT2D eigenvalue weighted by molar-refractivity contribution is 4.91. The van der Waals surface area contributed by atoms with E-state index in [0.29, 0.717) is 5.92 Å². The number of rotatable bonds is 2. The lowest BCUT2D eigenvalue weighted by molar-refractivity contribution is -0.0126. The van der Waals surface area contributed by atoms with Gasteiger partial charge >= 0.3 is 0 Å². The Balaban J connectivity index is 2.56. The van der Waals surface area contributed by atoms with E-state index in [-0.39, 0.29) is 11.6 Å². The molecule has 1 aliphatic rings. The summed E-state index contributed by atoms with van der Waals surface area (Å²) in [6.07, 6.45) is 2.28. The summed E-state index contributed by atoms with van der Waals surface area (Å²) in [5, 5.41) is 0. The van der Waals surface area contributed by atoms with E-state index in [0.717, 1.165) is 19.4 Å². The van der Waals surface area contributed by atoms with E-state index in [9.17, 15) is 0 Å². The van der Waals surface area contributed by atoms with Crippen molar-refractivity contribution in [1.82, 2.24) is 0 Å². The summed E-state index contributed by atoms with van der Waals surface area (Å²) >= 11 is 0. The molecule has 2 unspecified atom stereocenters. The van der Waals surface area contributed by atoms with Gasteiger partial charge in [-0.3, -0.25) is 0 Å². The van der Waals surface area contributed by atoms with Crippen molar-refractivity contribution in [2.24, 2.45) is 11.7 Å². The van der Waals surface area contributed by atoms with Crippen LogP contribution < -0.4 is 5.73 Å². The van der Waals surface area contributed by atoms with Crippen LogP contribution in [0.4, 0.5) is 0 Å². The Labute approximate surface area is 69.1 Å². The van der Waals surface area contributed by atoms with Crippen molar-refractivity contribution in [3.8, 4) is 0 Å². The van der Waals surface area contributed by atoms with Gasteiger partial charge in [0, 0.05) is 12.6 Å². The van der Waals surface area contributed by atoms with E-state index in [1.807, 2.05) is 0 Å². The van der Waals surface area contributed by atoms with Crippen LogP contribution in [0.25, 0.3) is 0 Å². The minimum absolute atomic E-state index is 0.0475. The van der Waals surface area contributed by atoms with Crippen molar-refractivity contribution in [3.05, 3.63) is 0 Å². The van der Waals surface area contributed by atoms with Crippen molar-refractivity contribution < 1.29 is 4.74 Å². The lowest BCUT2D eigenvalue weighted by Crippen LogP contribution is -2.48. The van der Waals surface area contributed by atoms with E-state index in [1.165, 1.54) is 0 Å². The van der Waals surface area contributed by atoms with Crippen LogP contribution in [0, 0.1) is 5.92 Å². The number of hydrogen-bond acceptors (Lipinski definition) is 2. The van der Waals surface area contributed by atoms with E-state index in [4.69, 9.17) is 10.5 Å². The van der Waals surface area contributed by atoms with Crippen LogP contribution in [-0.2, 0) is 4.74 Å². The van der Waals surface area contributed by atoms with E-state index >= 15 is 0 Å². The maximum atomic E-state index is 6.03. The average molecular weight is 157 g/mol. The van der Waals surface area contributed by atoms with Crippen molar-refractivity contribution in [1.29, 1.82) is 0 Å². The van der Waals surface area contributed by atoms with Crippen LogP contribution in [0.5, 0.6) is 0 Å². The zero-order valence-electron chi connectivity index (χ0n) is 7.76. The first-order valence-corrected chi connectivity index (χ1v) is 4.46. The van der Waals surface area contributed by atoms with Crippen molar-refractivity contribution in [2.75, 3.05) is 6.61 Å². The Morgan fingerprint density at radius 1 is 1.45 bits per heavy atom. The topological polar surface area (TPSA) is 35.2 Å². The second-order valence-electron chi connectivity index (χ2n) is 4.03. The molecule has 1 saturated heterocycles. The van der Waals surface area contributed by atoms with Gasteiger partial charge < -0.3 is 10.5 Å². The molecule has 66 valence electrons. The molecule has 11 heavy (non-hydrogen) atoms. The Hall–Kier alpha value is -0.0800. The van der Waals surface area contributed by atoms with Crippen molar-refractivity contribution >= 4 is 0 Å². The predicted octanol–water partition coefficient (Wildman–Crippen LogP) is 1.54. The number of nitrogens with two attached hydrogens (primary N) is 1. The lowest BCUT2D eigenvalue weighted by Gasteiger charge is -2.33. The molecule has 0 aromatic heterocycles. The molecule has 0 saturated carbocycles. The highest BCUT2D eigenvalue weighted by atomic mass is 16.5. The summed E-state index contributed by atoms with van der Waals surface area (Å²) in [6, 6.07) is 0.185. The minimum Gasteiger partial charge on any atom is -0.374 e. The zero-order chi connectivity index (χ0) is 8.48. The first kappa shape index (κ1) is 9.01. The molecule has 2 heteroatoms. The van der Waals surface area contributed by atoms with Gasteiger partial charge in [0.1, 0.15) is 0 Å². The van der Waals surface area contributed by atoms with Gasteiger partial charge in [0.25, 0.3) is 0 Å². The molecule has 1 heterocycles. The minimum atomic E-state index is -0.0475. The molecule has 2 atom stereocenters. The van der Waals surface area contributed by atoms with E-state index < -0.39 is 0 Å². The molecule has 0 bridgehead atoms. The van der Waals surface area contributed by atoms with E-state index in [2.05, 4.69) is 20.8 Å². The Morgan fingerprint density at radius 3 is 2.45 bits per heavy atom.